The number of likely N-dealkylation sites (N-methyl/N-ethyl adjacent to an activating group) is 1. The van der Waals surface area contributed by atoms with Crippen molar-refractivity contribution in [3.63, 3.8) is 0 Å². The summed E-state index contributed by atoms with van der Waals surface area (Å²) in [4.78, 5) is 35.7. The summed E-state index contributed by atoms with van der Waals surface area (Å²) in [5.41, 5.74) is 0. The van der Waals surface area contributed by atoms with E-state index in [-0.39, 0.29) is 32.0 Å². The van der Waals surface area contributed by atoms with Crippen LogP contribution in [0.2, 0.25) is 0 Å². The fourth-order valence-electron chi connectivity index (χ4n) is 9.04. The van der Waals surface area contributed by atoms with Gasteiger partial charge in [0.15, 0.2) is 6.10 Å². The molecule has 0 heterocycles. The van der Waals surface area contributed by atoms with E-state index >= 15 is 0 Å². The minimum atomic E-state index is -4.39. The van der Waals surface area contributed by atoms with E-state index in [2.05, 4.69) is 86.8 Å². The van der Waals surface area contributed by atoms with Crippen LogP contribution in [-0.2, 0) is 32.7 Å². The average molecular weight is 1100 g/mol. The molecule has 0 aromatic heterocycles. The Morgan fingerprint density at radius 1 is 0.416 bits per heavy atom. The Kier molecular flexibility index (Phi) is 56.2. The summed E-state index contributed by atoms with van der Waals surface area (Å²) in [6.07, 6.45) is 77.2. The molecule has 0 aliphatic rings. The van der Waals surface area contributed by atoms with Gasteiger partial charge < -0.3 is 18.9 Å². The number of rotatable bonds is 59. The third-order valence-electron chi connectivity index (χ3n) is 14.0. The summed E-state index contributed by atoms with van der Waals surface area (Å²) in [6, 6.07) is 0. The molecule has 10 heteroatoms. The van der Waals surface area contributed by atoms with Crippen molar-refractivity contribution in [2.45, 2.75) is 296 Å². The highest BCUT2D eigenvalue weighted by Gasteiger charge is 2.27. The molecule has 0 saturated carbocycles. The second-order valence-corrected chi connectivity index (χ2v) is 24.2. The van der Waals surface area contributed by atoms with Crippen LogP contribution in [0.5, 0.6) is 0 Å². The molecule has 0 rings (SSSR count). The van der Waals surface area contributed by atoms with Crippen molar-refractivity contribution in [3.8, 4) is 0 Å². The van der Waals surface area contributed by atoms with Gasteiger partial charge in [0.05, 0.1) is 27.7 Å². The number of carbonyl (C=O) groups is 2. The number of unbranched alkanes of at least 4 members (excludes halogenated alkanes) is 33. The summed E-state index contributed by atoms with van der Waals surface area (Å²) in [5, 5.41) is 0. The van der Waals surface area contributed by atoms with E-state index in [1.165, 1.54) is 173 Å². The van der Waals surface area contributed by atoms with Crippen molar-refractivity contribution in [2.24, 2.45) is 0 Å². The van der Waals surface area contributed by atoms with Crippen LogP contribution >= 0.6 is 7.82 Å². The largest absolute Gasteiger partial charge is 0.472 e. The Bertz CT molecular complexity index is 1530. The Hall–Kier alpha value is -2.55. The first kappa shape index (κ1) is 74.5. The number of phosphoric ester groups is 1. The van der Waals surface area contributed by atoms with E-state index in [4.69, 9.17) is 18.5 Å². The Labute approximate surface area is 476 Å². The smallest absolute Gasteiger partial charge is 0.462 e. The summed E-state index contributed by atoms with van der Waals surface area (Å²) < 4.78 is 34.6. The first-order valence-electron chi connectivity index (χ1n) is 32.2. The zero-order valence-corrected chi connectivity index (χ0v) is 51.8. The van der Waals surface area contributed by atoms with Gasteiger partial charge in [-0.3, -0.25) is 18.6 Å². The lowest BCUT2D eigenvalue weighted by atomic mass is 10.0. The van der Waals surface area contributed by atoms with Crippen molar-refractivity contribution < 1.29 is 42.1 Å². The first-order chi connectivity index (χ1) is 37.5. The summed E-state index contributed by atoms with van der Waals surface area (Å²) in [5.74, 6) is -0.797. The van der Waals surface area contributed by atoms with Gasteiger partial charge in [-0.25, -0.2) is 4.57 Å². The van der Waals surface area contributed by atoms with Gasteiger partial charge in [0.25, 0.3) is 0 Å². The highest BCUT2D eigenvalue weighted by atomic mass is 31.2. The standard InChI is InChI=1S/C67H122NO8P/c1-6-8-10-12-14-16-18-20-22-23-24-25-26-27-28-29-30-31-32-33-34-35-36-37-38-39-40-41-42-43-44-45-46-48-50-52-54-56-58-60-67(70)76-65(64-75-77(71,72)74-62-61-68(3,4)5)63-73-66(69)59-57-55-53-51-49-47-21-19-17-15-13-11-9-7-2/h8,10,14,16,19-22,24-25,27-28,65H,6-7,9,11-13,15,17-18,23,26,29-64H2,1-5H3/p+1/b10-8-,16-14-,21-19-,22-20-,25-24-,28-27-. The van der Waals surface area contributed by atoms with Gasteiger partial charge in [-0.1, -0.05) is 267 Å². The van der Waals surface area contributed by atoms with Crippen molar-refractivity contribution >= 4 is 19.8 Å². The predicted octanol–water partition coefficient (Wildman–Crippen LogP) is 20.4. The van der Waals surface area contributed by atoms with Crippen LogP contribution in [0.3, 0.4) is 0 Å². The molecule has 448 valence electrons. The zero-order chi connectivity index (χ0) is 56.3. The van der Waals surface area contributed by atoms with Crippen LogP contribution in [0.4, 0.5) is 0 Å². The molecule has 0 radical (unpaired) electrons. The quantitative estimate of drug-likeness (QED) is 0.0211. The minimum Gasteiger partial charge on any atom is -0.462 e. The van der Waals surface area contributed by atoms with Gasteiger partial charge in [-0.15, -0.1) is 0 Å². The molecule has 0 saturated heterocycles. The molecular formula is C67H123NO8P+. The molecular weight excluding hydrogens is 978 g/mol. The SMILES string of the molecule is CC/C=C\C/C=C\C/C=C\C/C=C\C/C=C\CCCCCCCCCCCCCCCCCCCCCCCCCC(=O)OC(COC(=O)CCCCCCC/C=C\CCCCCCC)COP(=O)(O)OCC[N+](C)(C)C. The second-order valence-electron chi connectivity index (χ2n) is 22.8. The topological polar surface area (TPSA) is 108 Å². The summed E-state index contributed by atoms with van der Waals surface area (Å²) in [7, 11) is 1.48. The molecule has 0 amide bonds. The number of hydrogen-bond acceptors (Lipinski definition) is 7. The second kappa shape index (κ2) is 58.1. The van der Waals surface area contributed by atoms with Crippen LogP contribution in [0.15, 0.2) is 72.9 Å². The number of phosphoric acid groups is 1. The van der Waals surface area contributed by atoms with E-state index in [1.807, 2.05) is 21.1 Å². The molecule has 2 unspecified atom stereocenters. The lowest BCUT2D eigenvalue weighted by Gasteiger charge is -2.24. The number of allylic oxidation sites excluding steroid dienone is 12. The van der Waals surface area contributed by atoms with Crippen LogP contribution < -0.4 is 0 Å². The van der Waals surface area contributed by atoms with Gasteiger partial charge in [0.2, 0.25) is 0 Å². The van der Waals surface area contributed by atoms with Crippen LogP contribution in [-0.4, -0.2) is 74.9 Å². The van der Waals surface area contributed by atoms with E-state index in [0.717, 1.165) is 83.5 Å². The molecule has 0 aromatic rings. The number of ether oxygens (including phenoxy) is 2. The Morgan fingerprint density at radius 3 is 1.12 bits per heavy atom. The third kappa shape index (κ3) is 62.5. The van der Waals surface area contributed by atoms with Gasteiger partial charge in [-0.2, -0.15) is 0 Å². The maximum Gasteiger partial charge on any atom is 0.472 e. The number of hydrogen-bond donors (Lipinski definition) is 1. The zero-order valence-electron chi connectivity index (χ0n) is 50.9. The number of esters is 2. The van der Waals surface area contributed by atoms with E-state index in [1.54, 1.807) is 0 Å². The summed E-state index contributed by atoms with van der Waals surface area (Å²) >= 11 is 0. The maximum absolute atomic E-state index is 12.8. The fraction of sp³-hybridized carbons (Fsp3) is 0.791. The fourth-order valence-corrected chi connectivity index (χ4v) is 9.78. The monoisotopic (exact) mass is 1100 g/mol. The molecule has 1 N–H and O–H groups in total. The van der Waals surface area contributed by atoms with Crippen molar-refractivity contribution in [1.82, 2.24) is 0 Å². The van der Waals surface area contributed by atoms with Crippen LogP contribution in [0.1, 0.15) is 290 Å². The molecule has 2 atom stereocenters. The van der Waals surface area contributed by atoms with Gasteiger partial charge >= 0.3 is 19.8 Å². The first-order valence-corrected chi connectivity index (χ1v) is 33.7. The van der Waals surface area contributed by atoms with Crippen molar-refractivity contribution in [2.75, 3.05) is 47.5 Å². The number of carbonyl (C=O) groups excluding carboxylic acids is 2. The van der Waals surface area contributed by atoms with Crippen LogP contribution in [0, 0.1) is 0 Å². The minimum absolute atomic E-state index is 0.0310. The van der Waals surface area contributed by atoms with E-state index < -0.39 is 26.5 Å². The number of quaternary nitrogens is 1. The lowest BCUT2D eigenvalue weighted by Crippen LogP contribution is -2.37. The van der Waals surface area contributed by atoms with Gasteiger partial charge in [0.1, 0.15) is 19.8 Å². The van der Waals surface area contributed by atoms with Crippen LogP contribution in [0.25, 0.3) is 0 Å². The Morgan fingerprint density at radius 2 is 0.740 bits per heavy atom. The molecule has 0 aromatic carbocycles. The normalized spacial score (nSPS) is 13.7. The maximum atomic E-state index is 12.8. The van der Waals surface area contributed by atoms with Gasteiger partial charge in [-0.05, 0) is 83.5 Å². The molecule has 0 aliphatic carbocycles. The van der Waals surface area contributed by atoms with E-state index in [0.29, 0.717) is 17.4 Å². The lowest BCUT2D eigenvalue weighted by molar-refractivity contribution is -0.870. The highest BCUT2D eigenvalue weighted by Crippen LogP contribution is 2.43. The highest BCUT2D eigenvalue weighted by molar-refractivity contribution is 7.47. The van der Waals surface area contributed by atoms with Crippen molar-refractivity contribution in [1.29, 1.82) is 0 Å². The molecule has 0 bridgehead atoms. The molecule has 0 fully saturated rings. The molecule has 9 nitrogen and oxygen atoms in total. The average Bonchev–Trinajstić information content (AvgIpc) is 3.39. The third-order valence-corrected chi connectivity index (χ3v) is 15.0. The summed E-state index contributed by atoms with van der Waals surface area (Å²) in [6.45, 7) is 4.33. The molecule has 0 spiro atoms. The number of nitrogens with zero attached hydrogens (tertiary/aromatic N) is 1. The van der Waals surface area contributed by atoms with E-state index in [9.17, 15) is 19.0 Å². The molecule has 77 heavy (non-hydrogen) atoms. The Balaban J connectivity index is 3.91. The predicted molar refractivity (Wildman–Crippen MR) is 330 cm³/mol. The van der Waals surface area contributed by atoms with Crippen molar-refractivity contribution in [3.05, 3.63) is 72.9 Å². The van der Waals surface area contributed by atoms with Gasteiger partial charge in [0, 0.05) is 12.8 Å². The molecule has 0 aliphatic heterocycles.